The highest BCUT2D eigenvalue weighted by Crippen LogP contribution is 2.38. The Morgan fingerprint density at radius 1 is 1.24 bits per heavy atom. The molecular weight excluding hydrogens is 324 g/mol. The van der Waals surface area contributed by atoms with E-state index in [1.165, 1.54) is 17.0 Å². The van der Waals surface area contributed by atoms with Crippen molar-refractivity contribution in [3.63, 3.8) is 0 Å². The van der Waals surface area contributed by atoms with E-state index in [1.807, 2.05) is 49.3 Å². The third kappa shape index (κ3) is 3.43. The smallest absolute Gasteiger partial charge is 0.366 e. The summed E-state index contributed by atoms with van der Waals surface area (Å²) in [5.41, 5.74) is 0.728. The Morgan fingerprint density at radius 3 is 2.60 bits per heavy atom. The molecule has 25 heavy (non-hydrogen) atoms. The van der Waals surface area contributed by atoms with E-state index >= 15 is 0 Å². The molecule has 1 aliphatic rings. The Balaban J connectivity index is 2.02. The zero-order valence-corrected chi connectivity index (χ0v) is 14.0. The number of likely N-dealkylation sites (N-methyl/N-ethyl adjacent to an activating group) is 1. The minimum atomic E-state index is -0.792. The van der Waals surface area contributed by atoms with Gasteiger partial charge >= 0.3 is 5.82 Å². The van der Waals surface area contributed by atoms with E-state index in [4.69, 9.17) is 4.74 Å². The van der Waals surface area contributed by atoms with Crippen LogP contribution in [0.3, 0.4) is 0 Å². The lowest BCUT2D eigenvalue weighted by atomic mass is 10.1. The summed E-state index contributed by atoms with van der Waals surface area (Å²) >= 11 is 0. The highest BCUT2D eigenvalue weighted by molar-refractivity contribution is 5.99. The Hall–Kier alpha value is -3.00. The highest BCUT2D eigenvalue weighted by Gasteiger charge is 2.39. The predicted molar refractivity (Wildman–Crippen MR) is 91.6 cm³/mol. The normalized spacial score (nSPS) is 16.5. The number of ether oxygens (including phenoxy) is 1. The zero-order chi connectivity index (χ0) is 18.0. The maximum atomic E-state index is 13.0. The maximum Gasteiger partial charge on any atom is 0.366 e. The average molecular weight is 342 g/mol. The molecule has 1 atom stereocenters. The van der Waals surface area contributed by atoms with Gasteiger partial charge in [0.15, 0.2) is 5.75 Å². The van der Waals surface area contributed by atoms with E-state index in [1.54, 1.807) is 0 Å². The second-order valence-corrected chi connectivity index (χ2v) is 5.95. The first-order valence-electron chi connectivity index (χ1n) is 7.80. The summed E-state index contributed by atoms with van der Waals surface area (Å²) in [6, 6.07) is 11.9. The quantitative estimate of drug-likeness (QED) is 0.610. The molecule has 0 saturated carbocycles. The molecule has 0 saturated heterocycles. The van der Waals surface area contributed by atoms with Gasteiger partial charge < -0.3 is 19.8 Å². The summed E-state index contributed by atoms with van der Waals surface area (Å²) in [6.45, 7) is 0.955. The Bertz CT molecular complexity index is 794. The van der Waals surface area contributed by atoms with E-state index in [0.29, 0.717) is 18.8 Å². The van der Waals surface area contributed by atoms with Gasteiger partial charge in [-0.3, -0.25) is 9.69 Å². The zero-order valence-electron chi connectivity index (χ0n) is 14.0. The van der Waals surface area contributed by atoms with Crippen molar-refractivity contribution in [2.75, 3.05) is 32.1 Å². The van der Waals surface area contributed by atoms with Crippen molar-refractivity contribution >= 4 is 17.5 Å². The first-order chi connectivity index (χ1) is 12.0. The van der Waals surface area contributed by atoms with Gasteiger partial charge in [-0.1, -0.05) is 30.3 Å². The van der Waals surface area contributed by atoms with Gasteiger partial charge in [0.25, 0.3) is 11.7 Å². The van der Waals surface area contributed by atoms with Crippen molar-refractivity contribution in [1.82, 2.24) is 9.88 Å². The summed E-state index contributed by atoms with van der Waals surface area (Å²) in [5.74, 6) is -0.0530. The molecule has 130 valence electrons. The topological polar surface area (TPSA) is 88.8 Å². The van der Waals surface area contributed by atoms with E-state index in [9.17, 15) is 14.9 Å². The van der Waals surface area contributed by atoms with Crippen LogP contribution in [0.15, 0.2) is 42.5 Å². The van der Waals surface area contributed by atoms with Crippen molar-refractivity contribution in [3.8, 4) is 5.75 Å². The molecule has 1 aromatic heterocycles. The standard InChI is InChI=1S/C17H18N4O4/c1-19(2)10-11-20-16-13(8-9-14(18-16)21(23)24)25-15(17(20)22)12-6-4-3-5-7-12/h3-9,15H,10-11H2,1-2H3. The van der Waals surface area contributed by atoms with Crippen molar-refractivity contribution in [2.45, 2.75) is 6.10 Å². The molecule has 1 unspecified atom stereocenters. The molecule has 1 aromatic carbocycles. The van der Waals surface area contributed by atoms with E-state index < -0.39 is 11.0 Å². The molecule has 2 heterocycles. The number of carbonyl (C=O) groups is 1. The minimum absolute atomic E-state index is 0.188. The summed E-state index contributed by atoms with van der Waals surface area (Å²) in [7, 11) is 3.78. The number of hydrogen-bond acceptors (Lipinski definition) is 6. The van der Waals surface area contributed by atoms with Gasteiger partial charge in [0.1, 0.15) is 0 Å². The first kappa shape index (κ1) is 16.8. The van der Waals surface area contributed by atoms with Gasteiger partial charge in [-0.05, 0) is 30.1 Å². The number of nitrogens with zero attached hydrogens (tertiary/aromatic N) is 4. The molecule has 1 amide bonds. The molecule has 3 rings (SSSR count). The molecule has 8 nitrogen and oxygen atoms in total. The molecule has 0 fully saturated rings. The SMILES string of the molecule is CN(C)CCN1C(=O)C(c2ccccc2)Oc2ccc([N+](=O)[O-])nc21. The Kier molecular flexibility index (Phi) is 4.62. The number of aromatic nitrogens is 1. The van der Waals surface area contributed by atoms with Crippen LogP contribution in [0.4, 0.5) is 11.6 Å². The number of rotatable bonds is 5. The Labute approximate surface area is 144 Å². The highest BCUT2D eigenvalue weighted by atomic mass is 16.6. The number of nitro groups is 1. The van der Waals surface area contributed by atoms with Crippen molar-refractivity contribution in [1.29, 1.82) is 0 Å². The van der Waals surface area contributed by atoms with Crippen LogP contribution < -0.4 is 9.64 Å². The van der Waals surface area contributed by atoms with Crippen LogP contribution in [0, 0.1) is 10.1 Å². The monoisotopic (exact) mass is 342 g/mol. The number of amides is 1. The largest absolute Gasteiger partial charge is 0.469 e. The fraction of sp³-hybridized carbons (Fsp3) is 0.294. The molecule has 0 N–H and O–H groups in total. The van der Waals surface area contributed by atoms with Gasteiger partial charge in [-0.2, -0.15) is 0 Å². The lowest BCUT2D eigenvalue weighted by molar-refractivity contribution is -0.389. The molecule has 0 spiro atoms. The van der Waals surface area contributed by atoms with Crippen molar-refractivity contribution < 1.29 is 14.5 Å². The molecule has 0 bridgehead atoms. The second kappa shape index (κ2) is 6.86. The minimum Gasteiger partial charge on any atom is -0.469 e. The fourth-order valence-corrected chi connectivity index (χ4v) is 2.59. The number of benzene rings is 1. The number of carbonyl (C=O) groups excluding carboxylic acids is 1. The first-order valence-corrected chi connectivity index (χ1v) is 7.80. The molecule has 0 aliphatic carbocycles. The van der Waals surface area contributed by atoms with Crippen LogP contribution in [0.2, 0.25) is 0 Å². The Morgan fingerprint density at radius 2 is 1.96 bits per heavy atom. The third-order valence-electron chi connectivity index (χ3n) is 3.88. The second-order valence-electron chi connectivity index (χ2n) is 5.95. The van der Waals surface area contributed by atoms with Crippen LogP contribution in [-0.4, -0.2) is 47.9 Å². The number of hydrogen-bond donors (Lipinski definition) is 0. The summed E-state index contributed by atoms with van der Waals surface area (Å²) in [5, 5.41) is 11.0. The van der Waals surface area contributed by atoms with Crippen LogP contribution in [0.1, 0.15) is 11.7 Å². The number of anilines is 1. The molecule has 1 aliphatic heterocycles. The third-order valence-corrected chi connectivity index (χ3v) is 3.88. The summed E-state index contributed by atoms with van der Waals surface area (Å²) < 4.78 is 5.81. The molecule has 0 radical (unpaired) electrons. The van der Waals surface area contributed by atoms with Gasteiger partial charge in [-0.25, -0.2) is 0 Å². The van der Waals surface area contributed by atoms with Gasteiger partial charge in [0.2, 0.25) is 6.10 Å². The van der Waals surface area contributed by atoms with Gasteiger partial charge in [-0.15, -0.1) is 0 Å². The van der Waals surface area contributed by atoms with E-state index in [-0.39, 0.29) is 17.5 Å². The average Bonchev–Trinajstić information content (AvgIpc) is 2.60. The summed E-state index contributed by atoms with van der Waals surface area (Å²) in [4.78, 5) is 30.8. The predicted octanol–water partition coefficient (Wildman–Crippen LogP) is 2.02. The molecule has 8 heteroatoms. The van der Waals surface area contributed by atoms with E-state index in [0.717, 1.165) is 5.56 Å². The summed E-state index contributed by atoms with van der Waals surface area (Å²) in [6.07, 6.45) is -0.792. The fourth-order valence-electron chi connectivity index (χ4n) is 2.59. The molecular formula is C17H18N4O4. The lowest BCUT2D eigenvalue weighted by Gasteiger charge is -2.31. The van der Waals surface area contributed by atoms with E-state index in [2.05, 4.69) is 4.98 Å². The molecule has 2 aromatic rings. The number of pyridine rings is 1. The lowest BCUT2D eigenvalue weighted by Crippen LogP contribution is -2.44. The van der Waals surface area contributed by atoms with Crippen molar-refractivity contribution in [3.05, 3.63) is 58.1 Å². The van der Waals surface area contributed by atoms with Crippen LogP contribution in [0.5, 0.6) is 5.75 Å². The van der Waals surface area contributed by atoms with Gasteiger partial charge in [0, 0.05) is 24.7 Å². The van der Waals surface area contributed by atoms with Crippen molar-refractivity contribution in [2.24, 2.45) is 0 Å². The van der Waals surface area contributed by atoms with Gasteiger partial charge in [0.05, 0.1) is 0 Å². The number of fused-ring (bicyclic) bond motifs is 1. The maximum absolute atomic E-state index is 13.0. The van der Waals surface area contributed by atoms with Crippen LogP contribution in [-0.2, 0) is 4.79 Å². The van der Waals surface area contributed by atoms with Crippen LogP contribution >= 0.6 is 0 Å². The van der Waals surface area contributed by atoms with Crippen LogP contribution in [0.25, 0.3) is 0 Å².